The predicted molar refractivity (Wildman–Crippen MR) is 71.4 cm³/mol. The van der Waals surface area contributed by atoms with Crippen molar-refractivity contribution in [3.05, 3.63) is 29.3 Å². The maximum Gasteiger partial charge on any atom is 0.0343 e. The molecule has 1 unspecified atom stereocenters. The highest BCUT2D eigenvalue weighted by atomic mass is 14.9. The fourth-order valence-corrected chi connectivity index (χ4v) is 1.75. The molecule has 1 aromatic rings. The maximum absolute atomic E-state index is 5.79. The van der Waals surface area contributed by atoms with Crippen molar-refractivity contribution in [2.45, 2.75) is 52.6 Å². The number of nitrogens with two attached hydrogens (primary N) is 1. The maximum atomic E-state index is 5.79. The summed E-state index contributed by atoms with van der Waals surface area (Å²) in [5, 5.41) is 3.54. The number of nitrogens with one attached hydrogen (secondary N) is 1. The number of hydrogen-bond acceptors (Lipinski definition) is 2. The minimum absolute atomic E-state index is 0.595. The standard InChI is InChI=1S/C14H24N2/c1-4-5-6-12(3)16-10-13-7-8-14(15)11(2)9-13/h7-9,12,16H,4-6,10,15H2,1-3H3. The Balaban J connectivity index is 2.39. The molecule has 0 saturated carbocycles. The number of nitrogen functional groups attached to an aromatic ring is 1. The molecule has 0 aromatic heterocycles. The summed E-state index contributed by atoms with van der Waals surface area (Å²) in [6.45, 7) is 7.47. The lowest BCUT2D eigenvalue weighted by Crippen LogP contribution is -2.25. The Labute approximate surface area is 99.2 Å². The van der Waals surface area contributed by atoms with Crippen LogP contribution in [0.1, 0.15) is 44.2 Å². The molecular weight excluding hydrogens is 196 g/mol. The summed E-state index contributed by atoms with van der Waals surface area (Å²) >= 11 is 0. The molecule has 16 heavy (non-hydrogen) atoms. The van der Waals surface area contributed by atoms with E-state index in [-0.39, 0.29) is 0 Å². The third-order valence-electron chi connectivity index (χ3n) is 2.98. The summed E-state index contributed by atoms with van der Waals surface area (Å²) < 4.78 is 0. The van der Waals surface area contributed by atoms with Gasteiger partial charge in [0.1, 0.15) is 0 Å². The van der Waals surface area contributed by atoms with Gasteiger partial charge in [-0.05, 0) is 37.5 Å². The van der Waals surface area contributed by atoms with E-state index in [0.717, 1.165) is 12.2 Å². The van der Waals surface area contributed by atoms with Crippen LogP contribution in [-0.2, 0) is 6.54 Å². The average molecular weight is 220 g/mol. The number of rotatable bonds is 6. The van der Waals surface area contributed by atoms with E-state index in [2.05, 4.69) is 38.2 Å². The zero-order chi connectivity index (χ0) is 12.0. The van der Waals surface area contributed by atoms with Crippen molar-refractivity contribution in [2.24, 2.45) is 0 Å². The number of anilines is 1. The van der Waals surface area contributed by atoms with Gasteiger partial charge in [-0.2, -0.15) is 0 Å². The zero-order valence-corrected chi connectivity index (χ0v) is 10.7. The van der Waals surface area contributed by atoms with Gasteiger partial charge in [-0.25, -0.2) is 0 Å². The van der Waals surface area contributed by atoms with Gasteiger partial charge < -0.3 is 11.1 Å². The lowest BCUT2D eigenvalue weighted by molar-refractivity contribution is 0.495. The molecule has 3 N–H and O–H groups in total. The van der Waals surface area contributed by atoms with E-state index in [1.54, 1.807) is 0 Å². The van der Waals surface area contributed by atoms with Gasteiger partial charge in [0, 0.05) is 18.3 Å². The largest absolute Gasteiger partial charge is 0.399 e. The molecule has 0 saturated heterocycles. The quantitative estimate of drug-likeness (QED) is 0.722. The van der Waals surface area contributed by atoms with Crippen LogP contribution in [0.2, 0.25) is 0 Å². The van der Waals surface area contributed by atoms with E-state index in [4.69, 9.17) is 5.73 Å². The fourth-order valence-electron chi connectivity index (χ4n) is 1.75. The van der Waals surface area contributed by atoms with Gasteiger partial charge in [0.05, 0.1) is 0 Å². The molecule has 0 aliphatic heterocycles. The monoisotopic (exact) mass is 220 g/mol. The molecule has 0 fully saturated rings. The Hall–Kier alpha value is -1.02. The van der Waals surface area contributed by atoms with Crippen LogP contribution in [0.25, 0.3) is 0 Å². The molecular formula is C14H24N2. The Kier molecular flexibility index (Phi) is 5.33. The van der Waals surface area contributed by atoms with Crippen LogP contribution < -0.4 is 11.1 Å². The highest BCUT2D eigenvalue weighted by Gasteiger charge is 2.01. The van der Waals surface area contributed by atoms with Crippen LogP contribution in [0.5, 0.6) is 0 Å². The van der Waals surface area contributed by atoms with Gasteiger partial charge in [-0.3, -0.25) is 0 Å². The van der Waals surface area contributed by atoms with Crippen LogP contribution in [-0.4, -0.2) is 6.04 Å². The van der Waals surface area contributed by atoms with E-state index in [9.17, 15) is 0 Å². The van der Waals surface area contributed by atoms with Gasteiger partial charge in [0.25, 0.3) is 0 Å². The molecule has 0 bridgehead atoms. The van der Waals surface area contributed by atoms with Crippen molar-refractivity contribution in [1.82, 2.24) is 5.32 Å². The molecule has 2 heteroatoms. The van der Waals surface area contributed by atoms with Crippen molar-refractivity contribution >= 4 is 5.69 Å². The van der Waals surface area contributed by atoms with Crippen LogP contribution in [0.3, 0.4) is 0 Å². The predicted octanol–water partition coefficient (Wildman–Crippen LogP) is 3.25. The number of benzene rings is 1. The number of hydrogen-bond donors (Lipinski definition) is 2. The normalized spacial score (nSPS) is 12.7. The van der Waals surface area contributed by atoms with Gasteiger partial charge >= 0.3 is 0 Å². The molecule has 90 valence electrons. The molecule has 0 radical (unpaired) electrons. The highest BCUT2D eigenvalue weighted by molar-refractivity contribution is 5.47. The van der Waals surface area contributed by atoms with Crippen molar-refractivity contribution in [2.75, 3.05) is 5.73 Å². The summed E-state index contributed by atoms with van der Waals surface area (Å²) in [5.41, 5.74) is 9.15. The molecule has 0 spiro atoms. The molecule has 0 amide bonds. The fraction of sp³-hybridized carbons (Fsp3) is 0.571. The van der Waals surface area contributed by atoms with Crippen molar-refractivity contribution < 1.29 is 0 Å². The first-order valence-corrected chi connectivity index (χ1v) is 6.22. The lowest BCUT2D eigenvalue weighted by Gasteiger charge is -2.13. The first kappa shape index (κ1) is 13.0. The first-order chi connectivity index (χ1) is 7.63. The number of unbranched alkanes of at least 4 members (excludes halogenated alkanes) is 1. The summed E-state index contributed by atoms with van der Waals surface area (Å²) in [6.07, 6.45) is 3.83. The topological polar surface area (TPSA) is 38.0 Å². The molecule has 0 heterocycles. The molecule has 1 aromatic carbocycles. The van der Waals surface area contributed by atoms with Gasteiger partial charge in [-0.1, -0.05) is 31.9 Å². The van der Waals surface area contributed by atoms with Crippen LogP contribution in [0.15, 0.2) is 18.2 Å². The Morgan fingerprint density at radius 3 is 2.75 bits per heavy atom. The molecule has 1 atom stereocenters. The van der Waals surface area contributed by atoms with Gasteiger partial charge in [-0.15, -0.1) is 0 Å². The van der Waals surface area contributed by atoms with Gasteiger partial charge in [0.2, 0.25) is 0 Å². The molecule has 0 aliphatic rings. The van der Waals surface area contributed by atoms with Crippen LogP contribution in [0.4, 0.5) is 5.69 Å². The molecule has 2 nitrogen and oxygen atoms in total. The second kappa shape index (κ2) is 6.54. The number of aryl methyl sites for hydroxylation is 1. The summed E-state index contributed by atoms with van der Waals surface area (Å²) in [4.78, 5) is 0. The average Bonchev–Trinajstić information content (AvgIpc) is 2.28. The van der Waals surface area contributed by atoms with Crippen LogP contribution in [0, 0.1) is 6.92 Å². The Bertz CT molecular complexity index is 321. The SMILES string of the molecule is CCCCC(C)NCc1ccc(N)c(C)c1. The second-order valence-electron chi connectivity index (χ2n) is 4.62. The van der Waals surface area contributed by atoms with Gasteiger partial charge in [0.15, 0.2) is 0 Å². The van der Waals surface area contributed by atoms with Crippen LogP contribution >= 0.6 is 0 Å². The summed E-state index contributed by atoms with van der Waals surface area (Å²) in [6, 6.07) is 6.84. The smallest absolute Gasteiger partial charge is 0.0343 e. The third kappa shape index (κ3) is 4.23. The van der Waals surface area contributed by atoms with Crippen molar-refractivity contribution in [1.29, 1.82) is 0 Å². The summed E-state index contributed by atoms with van der Waals surface area (Å²) in [5.74, 6) is 0. The molecule has 0 aliphatic carbocycles. The highest BCUT2D eigenvalue weighted by Crippen LogP contribution is 2.12. The lowest BCUT2D eigenvalue weighted by atomic mass is 10.1. The second-order valence-corrected chi connectivity index (χ2v) is 4.62. The van der Waals surface area contributed by atoms with E-state index in [1.165, 1.54) is 30.4 Å². The third-order valence-corrected chi connectivity index (χ3v) is 2.98. The van der Waals surface area contributed by atoms with Crippen molar-refractivity contribution in [3.63, 3.8) is 0 Å². The van der Waals surface area contributed by atoms with E-state index in [1.807, 2.05) is 6.07 Å². The first-order valence-electron chi connectivity index (χ1n) is 6.22. The summed E-state index contributed by atoms with van der Waals surface area (Å²) in [7, 11) is 0. The van der Waals surface area contributed by atoms with E-state index < -0.39 is 0 Å². The minimum Gasteiger partial charge on any atom is -0.399 e. The Morgan fingerprint density at radius 2 is 2.12 bits per heavy atom. The van der Waals surface area contributed by atoms with Crippen molar-refractivity contribution in [3.8, 4) is 0 Å². The Morgan fingerprint density at radius 1 is 1.38 bits per heavy atom. The zero-order valence-electron chi connectivity index (χ0n) is 10.7. The molecule has 1 rings (SSSR count). The minimum atomic E-state index is 0.595. The van der Waals surface area contributed by atoms with E-state index in [0.29, 0.717) is 6.04 Å². The van der Waals surface area contributed by atoms with E-state index >= 15 is 0 Å².